The molecule has 1 unspecified atom stereocenters. The van der Waals surface area contributed by atoms with Crippen LogP contribution in [0, 0.1) is 0 Å². The van der Waals surface area contributed by atoms with Crippen molar-refractivity contribution in [2.75, 3.05) is 6.61 Å². The number of ether oxygens (including phenoxy) is 1. The summed E-state index contributed by atoms with van der Waals surface area (Å²) in [5.74, 6) is -0.436. The highest BCUT2D eigenvalue weighted by atomic mass is 35.5. The maximum absolute atomic E-state index is 11.3. The van der Waals surface area contributed by atoms with E-state index in [-0.39, 0.29) is 0 Å². The van der Waals surface area contributed by atoms with Gasteiger partial charge in [-0.1, -0.05) is 11.6 Å². The molecule has 1 aromatic heterocycles. The van der Waals surface area contributed by atoms with Crippen molar-refractivity contribution in [3.8, 4) is 0 Å². The molecular weight excluding hydrogens is 224 g/mol. The molecule has 0 fully saturated rings. The molecule has 0 spiro atoms. The van der Waals surface area contributed by atoms with Crippen LogP contribution in [0.25, 0.3) is 0 Å². The molecule has 0 saturated heterocycles. The van der Waals surface area contributed by atoms with Gasteiger partial charge in [-0.25, -0.2) is 4.79 Å². The summed E-state index contributed by atoms with van der Waals surface area (Å²) >= 11 is 6.98. The quantitative estimate of drug-likeness (QED) is 0.818. The molecule has 0 aliphatic rings. The van der Waals surface area contributed by atoms with Crippen LogP contribution in [0.3, 0.4) is 0 Å². The normalized spacial score (nSPS) is 12.6. The molecule has 0 aliphatic carbocycles. The predicted molar refractivity (Wildman–Crippen MR) is 55.9 cm³/mol. The standard InChI is InChI=1S/C9H11ClO3S/c1-3-13-9(12)8-6(10)4-7(14-8)5(2)11/h4-5,11H,3H2,1-2H3. The van der Waals surface area contributed by atoms with Crippen molar-refractivity contribution in [2.45, 2.75) is 20.0 Å². The van der Waals surface area contributed by atoms with Crippen LogP contribution in [0.2, 0.25) is 5.02 Å². The number of carbonyl (C=O) groups is 1. The molecule has 5 heteroatoms. The van der Waals surface area contributed by atoms with Gasteiger partial charge in [-0.3, -0.25) is 0 Å². The fourth-order valence-electron chi connectivity index (χ4n) is 0.928. The number of hydrogen-bond donors (Lipinski definition) is 1. The van der Waals surface area contributed by atoms with Crippen molar-refractivity contribution in [3.05, 3.63) is 20.8 Å². The van der Waals surface area contributed by atoms with Crippen molar-refractivity contribution in [1.82, 2.24) is 0 Å². The van der Waals surface area contributed by atoms with Crippen LogP contribution in [0.1, 0.15) is 34.5 Å². The summed E-state index contributed by atoms with van der Waals surface area (Å²) in [7, 11) is 0. The Morgan fingerprint density at radius 3 is 2.86 bits per heavy atom. The van der Waals surface area contributed by atoms with Gasteiger partial charge in [0.1, 0.15) is 4.88 Å². The molecule has 78 valence electrons. The topological polar surface area (TPSA) is 46.5 Å². The van der Waals surface area contributed by atoms with Gasteiger partial charge in [-0.15, -0.1) is 11.3 Å². The van der Waals surface area contributed by atoms with Crippen LogP contribution >= 0.6 is 22.9 Å². The molecule has 1 heterocycles. The summed E-state index contributed by atoms with van der Waals surface area (Å²) in [6, 6.07) is 1.59. The summed E-state index contributed by atoms with van der Waals surface area (Å²) in [6.07, 6.45) is -0.610. The Morgan fingerprint density at radius 2 is 2.43 bits per heavy atom. The van der Waals surface area contributed by atoms with Gasteiger partial charge in [-0.2, -0.15) is 0 Å². The van der Waals surface area contributed by atoms with Crippen molar-refractivity contribution < 1.29 is 14.6 Å². The average Bonchev–Trinajstić information content (AvgIpc) is 2.48. The Hall–Kier alpha value is -0.580. The van der Waals surface area contributed by atoms with E-state index in [1.54, 1.807) is 19.9 Å². The molecule has 0 amide bonds. The van der Waals surface area contributed by atoms with Crippen molar-refractivity contribution in [1.29, 1.82) is 0 Å². The minimum atomic E-state index is -0.610. The molecule has 0 bridgehead atoms. The van der Waals surface area contributed by atoms with Crippen LogP contribution < -0.4 is 0 Å². The van der Waals surface area contributed by atoms with Crippen molar-refractivity contribution >= 4 is 28.9 Å². The molecule has 0 aliphatic heterocycles. The highest BCUT2D eigenvalue weighted by molar-refractivity contribution is 7.14. The molecular formula is C9H11ClO3S. The fraction of sp³-hybridized carbons (Fsp3) is 0.444. The fourth-order valence-corrected chi connectivity index (χ4v) is 2.19. The number of rotatable bonds is 3. The second kappa shape index (κ2) is 4.77. The highest BCUT2D eigenvalue weighted by Gasteiger charge is 2.17. The summed E-state index contributed by atoms with van der Waals surface area (Å²) < 4.78 is 4.81. The van der Waals surface area contributed by atoms with Crippen molar-refractivity contribution in [2.24, 2.45) is 0 Å². The SMILES string of the molecule is CCOC(=O)c1sc(C(C)O)cc1Cl. The molecule has 14 heavy (non-hydrogen) atoms. The first-order valence-corrected chi connectivity index (χ1v) is 5.40. The Bertz CT molecular complexity index is 333. The third-order valence-corrected chi connectivity index (χ3v) is 3.27. The second-order valence-corrected chi connectivity index (χ2v) is 4.21. The van der Waals surface area contributed by atoms with Crippen LogP contribution in [-0.4, -0.2) is 17.7 Å². The van der Waals surface area contributed by atoms with E-state index in [0.717, 1.165) is 11.3 Å². The molecule has 1 aromatic rings. The van der Waals surface area contributed by atoms with Gasteiger partial charge in [0.15, 0.2) is 0 Å². The predicted octanol–water partition coefficient (Wildman–Crippen LogP) is 2.63. The average molecular weight is 235 g/mol. The molecule has 1 atom stereocenters. The van der Waals surface area contributed by atoms with E-state index in [2.05, 4.69) is 0 Å². The zero-order valence-corrected chi connectivity index (χ0v) is 9.48. The number of aliphatic hydroxyl groups excluding tert-OH is 1. The van der Waals surface area contributed by atoms with Crippen LogP contribution in [-0.2, 0) is 4.74 Å². The number of halogens is 1. The molecule has 0 radical (unpaired) electrons. The van der Waals surface area contributed by atoms with Crippen LogP contribution in [0.4, 0.5) is 0 Å². The largest absolute Gasteiger partial charge is 0.462 e. The Labute approximate surface area is 91.3 Å². The Kier molecular flexibility index (Phi) is 3.92. The number of hydrogen-bond acceptors (Lipinski definition) is 4. The first-order valence-electron chi connectivity index (χ1n) is 4.20. The Balaban J connectivity index is 2.92. The number of thiophene rings is 1. The monoisotopic (exact) mass is 234 g/mol. The summed E-state index contributed by atoms with van der Waals surface area (Å²) in [4.78, 5) is 12.3. The van der Waals surface area contributed by atoms with E-state index >= 15 is 0 Å². The van der Waals surface area contributed by atoms with Gasteiger partial charge < -0.3 is 9.84 Å². The maximum atomic E-state index is 11.3. The zero-order valence-electron chi connectivity index (χ0n) is 7.91. The van der Waals surface area contributed by atoms with Crippen molar-refractivity contribution in [3.63, 3.8) is 0 Å². The second-order valence-electron chi connectivity index (χ2n) is 2.72. The van der Waals surface area contributed by atoms with Gasteiger partial charge >= 0.3 is 5.97 Å². The molecule has 1 rings (SSSR count). The highest BCUT2D eigenvalue weighted by Crippen LogP contribution is 2.31. The Morgan fingerprint density at radius 1 is 1.79 bits per heavy atom. The molecule has 3 nitrogen and oxygen atoms in total. The minimum Gasteiger partial charge on any atom is -0.462 e. The summed E-state index contributed by atoms with van der Waals surface area (Å²) in [5, 5.41) is 9.61. The lowest BCUT2D eigenvalue weighted by molar-refractivity contribution is 0.0532. The lowest BCUT2D eigenvalue weighted by Crippen LogP contribution is -2.02. The third kappa shape index (κ3) is 2.47. The van der Waals surface area contributed by atoms with Gasteiger partial charge in [0.2, 0.25) is 0 Å². The lowest BCUT2D eigenvalue weighted by atomic mass is 10.3. The van der Waals surface area contributed by atoms with Gasteiger partial charge in [0.05, 0.1) is 17.7 Å². The van der Waals surface area contributed by atoms with Gasteiger partial charge in [-0.05, 0) is 19.9 Å². The number of esters is 1. The minimum absolute atomic E-state index is 0.317. The first-order chi connectivity index (χ1) is 6.56. The summed E-state index contributed by atoms with van der Waals surface area (Å²) in [5.41, 5.74) is 0. The van der Waals surface area contributed by atoms with E-state index < -0.39 is 12.1 Å². The molecule has 0 aromatic carbocycles. The summed E-state index contributed by atoms with van der Waals surface area (Å²) in [6.45, 7) is 3.67. The van der Waals surface area contributed by atoms with Crippen LogP contribution in [0.5, 0.6) is 0 Å². The molecule has 0 saturated carbocycles. The smallest absolute Gasteiger partial charge is 0.349 e. The number of carbonyl (C=O) groups excluding carboxylic acids is 1. The van der Waals surface area contributed by atoms with E-state index in [1.165, 1.54) is 0 Å². The third-order valence-electron chi connectivity index (χ3n) is 1.58. The lowest BCUT2D eigenvalue weighted by Gasteiger charge is -1.98. The molecule has 1 N–H and O–H groups in total. The van der Waals surface area contributed by atoms with Gasteiger partial charge in [0.25, 0.3) is 0 Å². The van der Waals surface area contributed by atoms with E-state index in [0.29, 0.717) is 21.4 Å². The van der Waals surface area contributed by atoms with E-state index in [9.17, 15) is 9.90 Å². The first kappa shape index (κ1) is 11.5. The van der Waals surface area contributed by atoms with Crippen LogP contribution in [0.15, 0.2) is 6.07 Å². The van der Waals surface area contributed by atoms with E-state index in [4.69, 9.17) is 16.3 Å². The van der Waals surface area contributed by atoms with Gasteiger partial charge in [0, 0.05) is 4.88 Å². The zero-order chi connectivity index (χ0) is 10.7. The van der Waals surface area contributed by atoms with E-state index in [1.807, 2.05) is 0 Å². The number of aliphatic hydroxyl groups is 1. The maximum Gasteiger partial charge on any atom is 0.349 e.